The summed E-state index contributed by atoms with van der Waals surface area (Å²) in [6, 6.07) is 12.6. The molecule has 2 amide bonds. The second-order valence-corrected chi connectivity index (χ2v) is 8.50. The Morgan fingerprint density at radius 2 is 1.91 bits per heavy atom. The lowest BCUT2D eigenvalue weighted by Gasteiger charge is -2.33. The number of hydrogen-bond donors (Lipinski definition) is 1. The zero-order valence-electron chi connectivity index (χ0n) is 18.8. The van der Waals surface area contributed by atoms with Crippen LogP contribution in [0, 0.1) is 12.8 Å². The van der Waals surface area contributed by atoms with Gasteiger partial charge < -0.3 is 19.4 Å². The van der Waals surface area contributed by atoms with Gasteiger partial charge in [-0.3, -0.25) is 14.4 Å². The van der Waals surface area contributed by atoms with Crippen molar-refractivity contribution in [1.29, 1.82) is 0 Å². The van der Waals surface area contributed by atoms with Crippen molar-refractivity contribution in [3.63, 3.8) is 0 Å². The smallest absolute Gasteiger partial charge is 0.263 e. The van der Waals surface area contributed by atoms with Crippen molar-refractivity contribution in [3.05, 3.63) is 88.4 Å². The minimum atomic E-state index is -0.459. The van der Waals surface area contributed by atoms with E-state index >= 15 is 0 Å². The Hall–Kier alpha value is -3.68. The van der Waals surface area contributed by atoms with Crippen molar-refractivity contribution in [2.45, 2.75) is 39.4 Å². The lowest BCUT2D eigenvalue weighted by atomic mass is 9.97. The number of carbonyl (C=O) groups excluding carboxylic acids is 2. The highest BCUT2D eigenvalue weighted by Crippen LogP contribution is 2.19. The monoisotopic (exact) mass is 447 g/mol. The summed E-state index contributed by atoms with van der Waals surface area (Å²) in [6.07, 6.45) is 7.30. The van der Waals surface area contributed by atoms with Crippen molar-refractivity contribution in [2.24, 2.45) is 5.92 Å². The Balaban J connectivity index is 1.38. The molecule has 8 heteroatoms. The fourth-order valence-corrected chi connectivity index (χ4v) is 4.27. The van der Waals surface area contributed by atoms with Crippen LogP contribution in [-0.2, 0) is 24.4 Å². The second kappa shape index (κ2) is 10.3. The van der Waals surface area contributed by atoms with Gasteiger partial charge in [0.05, 0.1) is 0 Å². The average molecular weight is 448 g/mol. The topological polar surface area (TPSA) is 89.2 Å². The highest BCUT2D eigenvalue weighted by atomic mass is 16.2. The molecule has 1 aromatic carbocycles. The van der Waals surface area contributed by atoms with Crippen LogP contribution < -0.4 is 10.9 Å². The molecule has 1 saturated heterocycles. The number of nitrogens with one attached hydrogen (secondary N) is 1. The summed E-state index contributed by atoms with van der Waals surface area (Å²) >= 11 is 0. The van der Waals surface area contributed by atoms with E-state index in [9.17, 15) is 14.4 Å². The first-order valence-corrected chi connectivity index (χ1v) is 11.3. The van der Waals surface area contributed by atoms with Gasteiger partial charge in [0.15, 0.2) is 0 Å². The Bertz CT molecular complexity index is 1170. The predicted octanol–water partition coefficient (Wildman–Crippen LogP) is 2.22. The maximum Gasteiger partial charge on any atom is 0.263 e. The fraction of sp³-hybridized carbons (Fsp3) is 0.360. The van der Waals surface area contributed by atoms with Crippen LogP contribution >= 0.6 is 0 Å². The molecule has 0 radical (unpaired) electrons. The van der Waals surface area contributed by atoms with Gasteiger partial charge in [-0.25, -0.2) is 4.98 Å². The fourth-order valence-electron chi connectivity index (χ4n) is 4.27. The number of imidazole rings is 1. The summed E-state index contributed by atoms with van der Waals surface area (Å²) in [5, 5.41) is 2.78. The molecule has 4 rings (SSSR count). The minimum Gasteiger partial charge on any atom is -0.348 e. The van der Waals surface area contributed by atoms with Crippen LogP contribution in [-0.4, -0.2) is 43.9 Å². The number of benzene rings is 1. The SMILES string of the molecule is Cc1nccn1C[C@@H]1CCCN(C(=O)Cn2cccc(C(=O)NCc3ccccc3)c2=O)C1. The van der Waals surface area contributed by atoms with E-state index in [0.29, 0.717) is 25.6 Å². The molecule has 0 spiro atoms. The number of likely N-dealkylation sites (tertiary alicyclic amines) is 1. The van der Waals surface area contributed by atoms with Gasteiger partial charge in [-0.1, -0.05) is 30.3 Å². The third kappa shape index (κ3) is 5.58. The first-order valence-electron chi connectivity index (χ1n) is 11.3. The van der Waals surface area contributed by atoms with Crippen LogP contribution in [0.4, 0.5) is 0 Å². The van der Waals surface area contributed by atoms with E-state index in [1.807, 2.05) is 48.4 Å². The van der Waals surface area contributed by atoms with Crippen molar-refractivity contribution < 1.29 is 9.59 Å². The standard InChI is InChI=1S/C25H29N5O3/c1-19-26-11-14-28(19)16-21-9-5-12-29(17-21)23(31)18-30-13-6-10-22(25(30)33)24(32)27-15-20-7-3-2-4-8-20/h2-4,6-8,10-11,13-14,21H,5,9,12,15-18H2,1H3,(H,27,32)/t21-/m0/s1. The molecular weight excluding hydrogens is 418 g/mol. The molecule has 1 aliphatic heterocycles. The summed E-state index contributed by atoms with van der Waals surface area (Å²) < 4.78 is 3.43. The first kappa shape index (κ1) is 22.5. The molecular formula is C25H29N5O3. The van der Waals surface area contributed by atoms with Crippen LogP contribution in [0.25, 0.3) is 0 Å². The Kier molecular flexibility index (Phi) is 7.02. The van der Waals surface area contributed by atoms with E-state index in [2.05, 4.69) is 14.9 Å². The van der Waals surface area contributed by atoms with Crippen LogP contribution in [0.3, 0.4) is 0 Å². The molecule has 3 aromatic rings. The average Bonchev–Trinajstić information content (AvgIpc) is 3.23. The summed E-state index contributed by atoms with van der Waals surface area (Å²) in [7, 11) is 0. The number of hydrogen-bond acceptors (Lipinski definition) is 4. The Morgan fingerprint density at radius 3 is 2.67 bits per heavy atom. The third-order valence-corrected chi connectivity index (χ3v) is 6.12. The van der Waals surface area contributed by atoms with E-state index in [4.69, 9.17) is 0 Å². The number of piperidine rings is 1. The zero-order chi connectivity index (χ0) is 23.2. The molecule has 0 aliphatic carbocycles. The maximum absolute atomic E-state index is 13.0. The van der Waals surface area contributed by atoms with Crippen molar-refractivity contribution in [2.75, 3.05) is 13.1 Å². The number of amides is 2. The largest absolute Gasteiger partial charge is 0.348 e. The van der Waals surface area contributed by atoms with Gasteiger partial charge in [0.2, 0.25) is 5.91 Å². The molecule has 1 atom stereocenters. The molecule has 3 heterocycles. The number of nitrogens with zero attached hydrogens (tertiary/aromatic N) is 4. The summed E-state index contributed by atoms with van der Waals surface area (Å²) in [4.78, 5) is 44.5. The van der Waals surface area contributed by atoms with E-state index in [0.717, 1.165) is 30.8 Å². The lowest BCUT2D eigenvalue weighted by molar-refractivity contribution is -0.133. The van der Waals surface area contributed by atoms with E-state index in [1.165, 1.54) is 10.6 Å². The zero-order valence-corrected chi connectivity index (χ0v) is 18.8. The van der Waals surface area contributed by atoms with Crippen LogP contribution in [0.1, 0.15) is 34.6 Å². The van der Waals surface area contributed by atoms with Gasteiger partial charge in [0.25, 0.3) is 11.5 Å². The number of aromatic nitrogens is 3. The molecule has 0 unspecified atom stereocenters. The molecule has 1 N–H and O–H groups in total. The normalized spacial score (nSPS) is 15.9. The minimum absolute atomic E-state index is 0.0355. The van der Waals surface area contributed by atoms with Gasteiger partial charge in [-0.2, -0.15) is 0 Å². The molecule has 172 valence electrons. The van der Waals surface area contributed by atoms with Gasteiger partial charge in [0, 0.05) is 44.8 Å². The Morgan fingerprint density at radius 1 is 1.09 bits per heavy atom. The van der Waals surface area contributed by atoms with Gasteiger partial charge in [-0.15, -0.1) is 0 Å². The molecule has 1 fully saturated rings. The number of pyridine rings is 1. The van der Waals surface area contributed by atoms with Crippen molar-refractivity contribution >= 4 is 11.8 Å². The maximum atomic E-state index is 13.0. The van der Waals surface area contributed by atoms with E-state index in [-0.39, 0.29) is 18.0 Å². The first-order chi connectivity index (χ1) is 16.0. The third-order valence-electron chi connectivity index (χ3n) is 6.12. The van der Waals surface area contributed by atoms with Crippen LogP contribution in [0.2, 0.25) is 0 Å². The number of aryl methyl sites for hydroxylation is 1. The predicted molar refractivity (Wildman–Crippen MR) is 125 cm³/mol. The summed E-state index contributed by atoms with van der Waals surface area (Å²) in [5.41, 5.74) is 0.523. The van der Waals surface area contributed by atoms with Crippen molar-refractivity contribution in [1.82, 2.24) is 24.3 Å². The van der Waals surface area contributed by atoms with Crippen molar-refractivity contribution in [3.8, 4) is 0 Å². The highest BCUT2D eigenvalue weighted by Gasteiger charge is 2.25. The van der Waals surface area contributed by atoms with E-state index in [1.54, 1.807) is 18.5 Å². The molecule has 8 nitrogen and oxygen atoms in total. The quantitative estimate of drug-likeness (QED) is 0.602. The second-order valence-electron chi connectivity index (χ2n) is 8.50. The van der Waals surface area contributed by atoms with Crippen LogP contribution in [0.5, 0.6) is 0 Å². The van der Waals surface area contributed by atoms with Gasteiger partial charge >= 0.3 is 0 Å². The summed E-state index contributed by atoms with van der Waals surface area (Å²) in [5.74, 6) is 0.764. The highest BCUT2D eigenvalue weighted by molar-refractivity contribution is 5.93. The number of rotatable bonds is 7. The summed E-state index contributed by atoms with van der Waals surface area (Å²) in [6.45, 7) is 4.40. The van der Waals surface area contributed by atoms with Gasteiger partial charge in [0.1, 0.15) is 17.9 Å². The molecule has 2 aromatic heterocycles. The molecule has 0 saturated carbocycles. The Labute approximate surface area is 192 Å². The van der Waals surface area contributed by atoms with E-state index < -0.39 is 11.5 Å². The molecule has 1 aliphatic rings. The van der Waals surface area contributed by atoms with Crippen LogP contribution in [0.15, 0.2) is 65.8 Å². The molecule has 0 bridgehead atoms. The van der Waals surface area contributed by atoms with Gasteiger partial charge in [-0.05, 0) is 43.4 Å². The number of carbonyl (C=O) groups is 2. The molecule has 33 heavy (non-hydrogen) atoms. The lowest BCUT2D eigenvalue weighted by Crippen LogP contribution is -2.44.